The van der Waals surface area contributed by atoms with Crippen LogP contribution < -0.4 is 4.74 Å². The first-order valence-corrected chi connectivity index (χ1v) is 6.44. The van der Waals surface area contributed by atoms with E-state index in [0.29, 0.717) is 0 Å². The van der Waals surface area contributed by atoms with Gasteiger partial charge in [-0.25, -0.2) is 4.74 Å². The van der Waals surface area contributed by atoms with E-state index in [4.69, 9.17) is 9.47 Å². The molecule has 19 heavy (non-hydrogen) atoms. The summed E-state index contributed by atoms with van der Waals surface area (Å²) in [5.74, 6) is 0.787. The number of methoxy groups -OCH3 is 1. The highest BCUT2D eigenvalue weighted by Gasteiger charge is 2.17. The van der Waals surface area contributed by atoms with Crippen LogP contribution in [0, 0.1) is 5.21 Å². The zero-order chi connectivity index (χ0) is 14.3. The third kappa shape index (κ3) is 5.75. The van der Waals surface area contributed by atoms with Crippen molar-refractivity contribution in [2.45, 2.75) is 39.2 Å². The van der Waals surface area contributed by atoms with Gasteiger partial charge in [0.2, 0.25) is 0 Å². The van der Waals surface area contributed by atoms with Crippen LogP contribution in [0.5, 0.6) is 5.75 Å². The smallest absolute Gasteiger partial charge is 0.188 e. The minimum atomic E-state index is -0.363. The predicted octanol–water partition coefficient (Wildman–Crippen LogP) is 2.98. The van der Waals surface area contributed by atoms with Crippen molar-refractivity contribution in [1.82, 2.24) is 0 Å². The average molecular weight is 265 g/mol. The standard InChI is InChI=1S/C15H23NO3/c1-15(2,3)16(17)11-5-6-13-7-9-14(10-8-13)19-12-18-4/h7-11H,5-6,12H2,1-4H3/b16-11+. The summed E-state index contributed by atoms with van der Waals surface area (Å²) in [4.78, 5) is 0. The Kier molecular flexibility index (Phi) is 5.83. The Morgan fingerprint density at radius 1 is 1.21 bits per heavy atom. The fraction of sp³-hybridized carbons (Fsp3) is 0.533. The van der Waals surface area contributed by atoms with E-state index in [9.17, 15) is 5.21 Å². The molecule has 0 radical (unpaired) electrons. The lowest BCUT2D eigenvalue weighted by molar-refractivity contribution is -0.532. The molecule has 0 spiro atoms. The molecular weight excluding hydrogens is 242 g/mol. The summed E-state index contributed by atoms with van der Waals surface area (Å²) in [6, 6.07) is 7.83. The van der Waals surface area contributed by atoms with Crippen molar-refractivity contribution in [2.24, 2.45) is 0 Å². The van der Waals surface area contributed by atoms with Gasteiger partial charge in [0.15, 0.2) is 18.5 Å². The van der Waals surface area contributed by atoms with Gasteiger partial charge in [0.05, 0.1) is 0 Å². The van der Waals surface area contributed by atoms with Crippen molar-refractivity contribution >= 4 is 6.21 Å². The second kappa shape index (κ2) is 7.14. The Hall–Kier alpha value is -1.55. The summed E-state index contributed by atoms with van der Waals surface area (Å²) in [5, 5.41) is 11.7. The zero-order valence-corrected chi connectivity index (χ0v) is 12.2. The van der Waals surface area contributed by atoms with Gasteiger partial charge < -0.3 is 14.7 Å². The Morgan fingerprint density at radius 3 is 2.37 bits per heavy atom. The fourth-order valence-corrected chi connectivity index (χ4v) is 1.50. The van der Waals surface area contributed by atoms with Crippen LogP contribution in [0.15, 0.2) is 24.3 Å². The van der Waals surface area contributed by atoms with Gasteiger partial charge in [-0.3, -0.25) is 0 Å². The summed E-state index contributed by atoms with van der Waals surface area (Å²) in [6.45, 7) is 5.96. The molecule has 4 heteroatoms. The number of hydroxylamine groups is 1. The molecule has 1 aromatic rings. The second-order valence-electron chi connectivity index (χ2n) is 5.41. The van der Waals surface area contributed by atoms with Crippen LogP contribution in [0.25, 0.3) is 0 Å². The van der Waals surface area contributed by atoms with Gasteiger partial charge in [-0.15, -0.1) is 0 Å². The highest BCUT2D eigenvalue weighted by atomic mass is 16.7. The molecular formula is C15H23NO3. The lowest BCUT2D eigenvalue weighted by Crippen LogP contribution is -2.29. The maximum absolute atomic E-state index is 11.7. The molecule has 1 aromatic carbocycles. The highest BCUT2D eigenvalue weighted by molar-refractivity contribution is 5.52. The molecule has 0 N–H and O–H groups in total. The summed E-state index contributed by atoms with van der Waals surface area (Å²) < 4.78 is 11.2. The maximum atomic E-state index is 11.7. The molecule has 0 aliphatic heterocycles. The summed E-state index contributed by atoms with van der Waals surface area (Å²) in [7, 11) is 1.59. The number of aryl methyl sites for hydroxylation is 1. The van der Waals surface area contributed by atoms with E-state index in [0.717, 1.165) is 23.3 Å². The second-order valence-corrected chi connectivity index (χ2v) is 5.41. The topological polar surface area (TPSA) is 44.5 Å². The zero-order valence-electron chi connectivity index (χ0n) is 12.2. The van der Waals surface area contributed by atoms with E-state index in [2.05, 4.69) is 0 Å². The molecule has 0 saturated heterocycles. The molecule has 0 amide bonds. The van der Waals surface area contributed by atoms with Gasteiger partial charge in [-0.2, -0.15) is 0 Å². The van der Waals surface area contributed by atoms with E-state index >= 15 is 0 Å². The quantitative estimate of drug-likeness (QED) is 0.261. The van der Waals surface area contributed by atoms with Crippen LogP contribution in [-0.2, 0) is 11.2 Å². The van der Waals surface area contributed by atoms with Crippen LogP contribution >= 0.6 is 0 Å². The molecule has 1 rings (SSSR count). The van der Waals surface area contributed by atoms with Gasteiger partial charge in [0.1, 0.15) is 5.75 Å². The molecule has 0 aliphatic carbocycles. The minimum absolute atomic E-state index is 0.254. The average Bonchev–Trinajstić information content (AvgIpc) is 2.36. The summed E-state index contributed by atoms with van der Waals surface area (Å²) in [6.07, 6.45) is 3.29. The highest BCUT2D eigenvalue weighted by Crippen LogP contribution is 2.13. The van der Waals surface area contributed by atoms with Crippen molar-refractivity contribution in [3.05, 3.63) is 35.0 Å². The van der Waals surface area contributed by atoms with Gasteiger partial charge in [0.25, 0.3) is 0 Å². The van der Waals surface area contributed by atoms with Crippen molar-refractivity contribution < 1.29 is 14.2 Å². The Morgan fingerprint density at radius 2 is 1.84 bits per heavy atom. The van der Waals surface area contributed by atoms with E-state index in [1.165, 1.54) is 5.56 Å². The lowest BCUT2D eigenvalue weighted by atomic mass is 10.1. The van der Waals surface area contributed by atoms with Gasteiger partial charge in [-0.1, -0.05) is 12.1 Å². The van der Waals surface area contributed by atoms with Crippen molar-refractivity contribution in [3.8, 4) is 5.75 Å². The van der Waals surface area contributed by atoms with Crippen molar-refractivity contribution in [3.63, 3.8) is 0 Å². The molecule has 0 heterocycles. The maximum Gasteiger partial charge on any atom is 0.188 e. The first kappa shape index (κ1) is 15.5. The normalized spacial score (nSPS) is 12.5. The van der Waals surface area contributed by atoms with E-state index in [1.807, 2.05) is 45.0 Å². The Bertz CT molecular complexity index is 404. The first-order chi connectivity index (χ1) is 8.93. The molecule has 4 nitrogen and oxygen atoms in total. The molecule has 0 unspecified atom stereocenters. The number of hydrogen-bond acceptors (Lipinski definition) is 3. The number of nitrogens with zero attached hydrogens (tertiary/aromatic N) is 1. The van der Waals surface area contributed by atoms with Crippen LogP contribution in [-0.4, -0.2) is 30.4 Å². The number of benzene rings is 1. The lowest BCUT2D eigenvalue weighted by Gasteiger charge is -2.18. The van der Waals surface area contributed by atoms with Crippen molar-refractivity contribution in [1.29, 1.82) is 0 Å². The molecule has 0 bridgehead atoms. The molecule has 0 aliphatic rings. The van der Waals surface area contributed by atoms with Crippen LogP contribution in [0.2, 0.25) is 0 Å². The molecule has 0 fully saturated rings. The van der Waals surface area contributed by atoms with Crippen molar-refractivity contribution in [2.75, 3.05) is 13.9 Å². The van der Waals surface area contributed by atoms with E-state index in [1.54, 1.807) is 13.3 Å². The third-order valence-corrected chi connectivity index (χ3v) is 2.66. The number of rotatable bonds is 6. The van der Waals surface area contributed by atoms with Gasteiger partial charge in [0, 0.05) is 34.3 Å². The summed E-state index contributed by atoms with van der Waals surface area (Å²) in [5.41, 5.74) is 0.820. The third-order valence-electron chi connectivity index (χ3n) is 2.66. The van der Waals surface area contributed by atoms with Crippen LogP contribution in [0.3, 0.4) is 0 Å². The largest absolute Gasteiger partial charge is 0.624 e. The van der Waals surface area contributed by atoms with Gasteiger partial charge >= 0.3 is 0 Å². The van der Waals surface area contributed by atoms with E-state index in [-0.39, 0.29) is 12.3 Å². The van der Waals surface area contributed by atoms with Crippen LogP contribution in [0.4, 0.5) is 0 Å². The predicted molar refractivity (Wildman–Crippen MR) is 76.7 cm³/mol. The monoisotopic (exact) mass is 265 g/mol. The molecule has 106 valence electrons. The Labute approximate surface area is 115 Å². The molecule has 0 aromatic heterocycles. The Balaban J connectivity index is 2.46. The minimum Gasteiger partial charge on any atom is -0.624 e. The number of hydrogen-bond donors (Lipinski definition) is 0. The fourth-order valence-electron chi connectivity index (χ4n) is 1.50. The summed E-state index contributed by atoms with van der Waals surface area (Å²) >= 11 is 0. The molecule has 0 atom stereocenters. The number of ether oxygens (including phenoxy) is 2. The molecule has 0 saturated carbocycles. The first-order valence-electron chi connectivity index (χ1n) is 6.44. The van der Waals surface area contributed by atoms with E-state index < -0.39 is 0 Å². The van der Waals surface area contributed by atoms with Crippen LogP contribution in [0.1, 0.15) is 32.8 Å². The van der Waals surface area contributed by atoms with Gasteiger partial charge in [-0.05, 0) is 24.1 Å². The SMILES string of the molecule is COCOc1ccc(CC/C=[N+](/[O-])C(C)(C)C)cc1.